The fourth-order valence-electron chi connectivity index (χ4n) is 3.32. The van der Waals surface area contributed by atoms with Crippen LogP contribution in [0.1, 0.15) is 42.0 Å². The summed E-state index contributed by atoms with van der Waals surface area (Å²) in [4.78, 5) is 7.88. The van der Waals surface area contributed by atoms with Crippen molar-refractivity contribution < 1.29 is 18.3 Å². The van der Waals surface area contributed by atoms with Gasteiger partial charge in [0.1, 0.15) is 5.01 Å². The second-order valence-corrected chi connectivity index (χ2v) is 8.77. The summed E-state index contributed by atoms with van der Waals surface area (Å²) >= 11 is 1.69. The third-order valence-electron chi connectivity index (χ3n) is 4.81. The lowest BCUT2D eigenvalue weighted by atomic mass is 9.96. The number of nitrogens with zero attached hydrogens (tertiary/aromatic N) is 2. The van der Waals surface area contributed by atoms with Gasteiger partial charge in [0.15, 0.2) is 5.13 Å². The molecule has 1 fully saturated rings. The summed E-state index contributed by atoms with van der Waals surface area (Å²) in [6.07, 6.45) is 1.56. The molecular formula is C18H18F3N3OS2. The van der Waals surface area contributed by atoms with Crippen molar-refractivity contribution in [3.63, 3.8) is 0 Å². The van der Waals surface area contributed by atoms with Gasteiger partial charge in [0.2, 0.25) is 5.60 Å². The van der Waals surface area contributed by atoms with Gasteiger partial charge in [0.25, 0.3) is 0 Å². The second kappa shape index (κ2) is 7.03. The lowest BCUT2D eigenvalue weighted by Crippen LogP contribution is -2.42. The molecular weight excluding hydrogens is 395 g/mol. The normalized spacial score (nSPS) is 18.5. The number of benzene rings is 1. The Labute approximate surface area is 162 Å². The van der Waals surface area contributed by atoms with Gasteiger partial charge in [-0.25, -0.2) is 9.97 Å². The van der Waals surface area contributed by atoms with E-state index in [1.54, 1.807) is 24.3 Å². The molecule has 1 atom stereocenters. The quantitative estimate of drug-likeness (QED) is 0.610. The summed E-state index contributed by atoms with van der Waals surface area (Å²) in [5.41, 5.74) is -2.73. The first-order valence-electron chi connectivity index (χ1n) is 8.76. The maximum Gasteiger partial charge on any atom is 0.429 e. The average Bonchev–Trinajstić information content (AvgIpc) is 3.28. The molecule has 4 rings (SSSR count). The number of aliphatic hydroxyl groups is 1. The SMILES string of the molecule is O[C@@](c1cnc(NC2CCCCC2)s1)(c1nc2ccccc2s1)C(F)(F)F. The summed E-state index contributed by atoms with van der Waals surface area (Å²) < 4.78 is 42.4. The molecule has 2 heterocycles. The van der Waals surface area contributed by atoms with Gasteiger partial charge in [0, 0.05) is 12.2 Å². The molecule has 2 N–H and O–H groups in total. The smallest absolute Gasteiger partial charge is 0.370 e. The Balaban J connectivity index is 1.70. The van der Waals surface area contributed by atoms with Gasteiger partial charge in [-0.05, 0) is 25.0 Å². The van der Waals surface area contributed by atoms with E-state index in [-0.39, 0.29) is 15.9 Å². The molecule has 0 unspecified atom stereocenters. The molecule has 0 saturated heterocycles. The van der Waals surface area contributed by atoms with Gasteiger partial charge >= 0.3 is 6.18 Å². The maximum absolute atomic E-state index is 13.9. The predicted molar refractivity (Wildman–Crippen MR) is 101 cm³/mol. The monoisotopic (exact) mass is 413 g/mol. The zero-order valence-corrected chi connectivity index (χ0v) is 15.9. The molecule has 27 heavy (non-hydrogen) atoms. The van der Waals surface area contributed by atoms with Gasteiger partial charge < -0.3 is 10.4 Å². The fraction of sp³-hybridized carbons (Fsp3) is 0.444. The number of rotatable bonds is 4. The van der Waals surface area contributed by atoms with Crippen LogP contribution in [0.2, 0.25) is 0 Å². The van der Waals surface area contributed by atoms with Crippen molar-refractivity contribution in [1.82, 2.24) is 9.97 Å². The highest BCUT2D eigenvalue weighted by Crippen LogP contribution is 2.48. The van der Waals surface area contributed by atoms with Crippen molar-refractivity contribution in [2.24, 2.45) is 0 Å². The molecule has 1 saturated carbocycles. The lowest BCUT2D eigenvalue weighted by molar-refractivity contribution is -0.247. The molecule has 0 radical (unpaired) electrons. The Morgan fingerprint density at radius 3 is 2.52 bits per heavy atom. The van der Waals surface area contributed by atoms with Crippen LogP contribution in [-0.4, -0.2) is 27.3 Å². The number of aromatic nitrogens is 2. The first-order valence-corrected chi connectivity index (χ1v) is 10.4. The third kappa shape index (κ3) is 3.43. The fourth-order valence-corrected chi connectivity index (χ4v) is 5.48. The van der Waals surface area contributed by atoms with E-state index in [2.05, 4.69) is 15.3 Å². The van der Waals surface area contributed by atoms with E-state index in [9.17, 15) is 18.3 Å². The topological polar surface area (TPSA) is 58.0 Å². The molecule has 9 heteroatoms. The minimum atomic E-state index is -4.91. The van der Waals surface area contributed by atoms with Crippen LogP contribution in [0.3, 0.4) is 0 Å². The van der Waals surface area contributed by atoms with E-state index in [0.717, 1.165) is 54.6 Å². The molecule has 1 aromatic carbocycles. The molecule has 144 valence electrons. The highest BCUT2D eigenvalue weighted by atomic mass is 32.1. The minimum absolute atomic E-state index is 0.221. The summed E-state index contributed by atoms with van der Waals surface area (Å²) in [5, 5.41) is 14.0. The van der Waals surface area contributed by atoms with Crippen LogP contribution in [0, 0.1) is 0 Å². The molecule has 0 spiro atoms. The predicted octanol–water partition coefficient (Wildman–Crippen LogP) is 5.30. The Hall–Kier alpha value is -1.71. The Bertz CT molecular complexity index is 900. The lowest BCUT2D eigenvalue weighted by Gasteiger charge is -2.27. The van der Waals surface area contributed by atoms with E-state index in [0.29, 0.717) is 15.3 Å². The van der Waals surface area contributed by atoms with Gasteiger partial charge in [-0.2, -0.15) is 13.2 Å². The summed E-state index contributed by atoms with van der Waals surface area (Å²) in [7, 11) is 0. The number of alkyl halides is 3. The largest absolute Gasteiger partial charge is 0.429 e. The van der Waals surface area contributed by atoms with E-state index in [4.69, 9.17) is 0 Å². The summed E-state index contributed by atoms with van der Waals surface area (Å²) in [5.74, 6) is 0. The van der Waals surface area contributed by atoms with Crippen LogP contribution in [-0.2, 0) is 5.60 Å². The van der Waals surface area contributed by atoms with Crippen molar-refractivity contribution >= 4 is 38.0 Å². The number of thiazole rings is 2. The molecule has 2 aromatic heterocycles. The van der Waals surface area contributed by atoms with Crippen molar-refractivity contribution in [3.05, 3.63) is 40.3 Å². The van der Waals surface area contributed by atoms with Crippen molar-refractivity contribution in [2.75, 3.05) is 5.32 Å². The Kier molecular flexibility index (Phi) is 4.85. The van der Waals surface area contributed by atoms with Crippen molar-refractivity contribution in [3.8, 4) is 0 Å². The van der Waals surface area contributed by atoms with Crippen LogP contribution in [0.25, 0.3) is 10.2 Å². The van der Waals surface area contributed by atoms with Crippen LogP contribution < -0.4 is 5.32 Å². The highest BCUT2D eigenvalue weighted by molar-refractivity contribution is 7.19. The third-order valence-corrected chi connectivity index (χ3v) is 6.99. The van der Waals surface area contributed by atoms with Crippen molar-refractivity contribution in [2.45, 2.75) is 49.9 Å². The number of nitrogens with one attached hydrogen (secondary N) is 1. The second-order valence-electron chi connectivity index (χ2n) is 6.70. The molecule has 1 aliphatic rings. The van der Waals surface area contributed by atoms with Crippen LogP contribution in [0.5, 0.6) is 0 Å². The van der Waals surface area contributed by atoms with Gasteiger partial charge in [-0.1, -0.05) is 42.7 Å². The number of hydrogen-bond acceptors (Lipinski definition) is 6. The number of para-hydroxylation sites is 1. The summed E-state index contributed by atoms with van der Waals surface area (Å²) in [6.45, 7) is 0. The Morgan fingerprint density at radius 1 is 1.07 bits per heavy atom. The summed E-state index contributed by atoms with van der Waals surface area (Å²) in [6, 6.07) is 6.98. The molecule has 0 aliphatic heterocycles. The number of fused-ring (bicyclic) bond motifs is 1. The zero-order valence-electron chi connectivity index (χ0n) is 14.3. The van der Waals surface area contributed by atoms with Crippen LogP contribution >= 0.6 is 22.7 Å². The number of hydrogen-bond donors (Lipinski definition) is 2. The van der Waals surface area contributed by atoms with E-state index in [1.807, 2.05) is 0 Å². The van der Waals surface area contributed by atoms with E-state index >= 15 is 0 Å². The standard InChI is InChI=1S/C18H18F3N3OS2/c19-18(20,21)17(25,15-24-12-8-4-5-9-13(12)26-15)14-10-22-16(27-14)23-11-6-2-1-3-7-11/h4-5,8-11,25H,1-3,6-7H2,(H,22,23)/t17-/m0/s1. The maximum atomic E-state index is 13.9. The van der Waals surface area contributed by atoms with Crippen LogP contribution in [0.15, 0.2) is 30.5 Å². The molecule has 1 aliphatic carbocycles. The van der Waals surface area contributed by atoms with Crippen molar-refractivity contribution in [1.29, 1.82) is 0 Å². The van der Waals surface area contributed by atoms with Gasteiger partial charge in [-0.3, -0.25) is 0 Å². The van der Waals surface area contributed by atoms with E-state index < -0.39 is 11.8 Å². The first-order chi connectivity index (χ1) is 12.9. The first kappa shape index (κ1) is 18.6. The number of anilines is 1. The number of halogens is 3. The molecule has 0 amide bonds. The minimum Gasteiger partial charge on any atom is -0.370 e. The average molecular weight is 413 g/mol. The molecule has 3 aromatic rings. The molecule has 0 bridgehead atoms. The van der Waals surface area contributed by atoms with Gasteiger partial charge in [0.05, 0.1) is 15.1 Å². The van der Waals surface area contributed by atoms with E-state index in [1.165, 1.54) is 6.42 Å². The van der Waals surface area contributed by atoms with Gasteiger partial charge in [-0.15, -0.1) is 11.3 Å². The highest BCUT2D eigenvalue weighted by Gasteiger charge is 2.59. The molecule has 4 nitrogen and oxygen atoms in total. The van der Waals surface area contributed by atoms with Crippen LogP contribution in [0.4, 0.5) is 18.3 Å². The Morgan fingerprint density at radius 2 is 1.81 bits per heavy atom. The zero-order chi connectivity index (χ0) is 19.1.